The molecule has 0 atom stereocenters. The molecular formula is C13H23IN4O. The van der Waals surface area contributed by atoms with Gasteiger partial charge in [0.1, 0.15) is 0 Å². The van der Waals surface area contributed by atoms with Crippen LogP contribution in [0.2, 0.25) is 0 Å². The number of halogens is 1. The van der Waals surface area contributed by atoms with E-state index in [2.05, 4.69) is 34.5 Å². The van der Waals surface area contributed by atoms with Crippen molar-refractivity contribution in [2.24, 2.45) is 10.9 Å². The van der Waals surface area contributed by atoms with E-state index < -0.39 is 0 Å². The molecule has 0 unspecified atom stereocenters. The van der Waals surface area contributed by atoms with Crippen LogP contribution >= 0.6 is 24.0 Å². The second kappa shape index (κ2) is 9.82. The maximum Gasteiger partial charge on any atom is 0.213 e. The van der Waals surface area contributed by atoms with Crippen LogP contribution in [0.1, 0.15) is 19.5 Å². The molecule has 0 aromatic carbocycles. The average Bonchev–Trinajstić information content (AvgIpc) is 2.39. The number of rotatable bonds is 5. The highest BCUT2D eigenvalue weighted by molar-refractivity contribution is 14.0. The Hall–Kier alpha value is -1.05. The lowest BCUT2D eigenvalue weighted by molar-refractivity contribution is 0.396. The molecule has 0 fully saturated rings. The predicted molar refractivity (Wildman–Crippen MR) is 89.2 cm³/mol. The number of guanidine groups is 1. The van der Waals surface area contributed by atoms with E-state index in [1.54, 1.807) is 14.2 Å². The molecule has 0 amide bonds. The van der Waals surface area contributed by atoms with Gasteiger partial charge in [0.25, 0.3) is 0 Å². The van der Waals surface area contributed by atoms with Gasteiger partial charge in [0.2, 0.25) is 5.88 Å². The molecule has 1 rings (SSSR count). The second-order valence-corrected chi connectivity index (χ2v) is 4.37. The summed E-state index contributed by atoms with van der Waals surface area (Å²) < 4.78 is 5.08. The molecule has 0 aliphatic heterocycles. The van der Waals surface area contributed by atoms with Crippen LogP contribution in [-0.2, 0) is 6.54 Å². The first-order valence-electron chi connectivity index (χ1n) is 6.10. The van der Waals surface area contributed by atoms with Gasteiger partial charge in [0, 0.05) is 19.7 Å². The van der Waals surface area contributed by atoms with Crippen molar-refractivity contribution in [3.8, 4) is 5.88 Å². The summed E-state index contributed by atoms with van der Waals surface area (Å²) in [5.74, 6) is 1.99. The van der Waals surface area contributed by atoms with Gasteiger partial charge in [-0.2, -0.15) is 0 Å². The van der Waals surface area contributed by atoms with E-state index in [-0.39, 0.29) is 24.0 Å². The molecule has 0 bridgehead atoms. The number of ether oxygens (including phenoxy) is 1. The van der Waals surface area contributed by atoms with Crippen molar-refractivity contribution in [3.63, 3.8) is 0 Å². The van der Waals surface area contributed by atoms with E-state index in [0.717, 1.165) is 18.2 Å². The van der Waals surface area contributed by atoms with Crippen LogP contribution in [0, 0.1) is 5.92 Å². The molecule has 0 saturated heterocycles. The lowest BCUT2D eigenvalue weighted by Crippen LogP contribution is -2.38. The molecule has 0 saturated carbocycles. The van der Waals surface area contributed by atoms with Gasteiger partial charge < -0.3 is 15.4 Å². The standard InChI is InChI=1S/C13H22N4O.HI/c1-10(2)8-15-13(14-3)16-9-11-6-5-7-12(17-11)18-4;/h5-7,10H,8-9H2,1-4H3,(H2,14,15,16);1H. The predicted octanol–water partition coefficient (Wildman–Crippen LogP) is 2.03. The minimum Gasteiger partial charge on any atom is -0.481 e. The normalized spacial score (nSPS) is 10.9. The van der Waals surface area contributed by atoms with Crippen LogP contribution in [0.25, 0.3) is 0 Å². The summed E-state index contributed by atoms with van der Waals surface area (Å²) in [5.41, 5.74) is 0.918. The van der Waals surface area contributed by atoms with E-state index in [1.165, 1.54) is 0 Å². The summed E-state index contributed by atoms with van der Waals surface area (Å²) in [5, 5.41) is 6.46. The zero-order valence-corrected chi connectivity index (χ0v) is 14.3. The monoisotopic (exact) mass is 378 g/mol. The van der Waals surface area contributed by atoms with Gasteiger partial charge >= 0.3 is 0 Å². The molecule has 1 aromatic heterocycles. The second-order valence-electron chi connectivity index (χ2n) is 4.37. The van der Waals surface area contributed by atoms with Crippen LogP contribution in [0.3, 0.4) is 0 Å². The van der Waals surface area contributed by atoms with Crippen LogP contribution in [-0.4, -0.2) is 31.6 Å². The average molecular weight is 378 g/mol. The largest absolute Gasteiger partial charge is 0.481 e. The number of methoxy groups -OCH3 is 1. The van der Waals surface area contributed by atoms with Crippen molar-refractivity contribution in [2.45, 2.75) is 20.4 Å². The van der Waals surface area contributed by atoms with Crippen LogP contribution in [0.15, 0.2) is 23.2 Å². The fourth-order valence-corrected chi connectivity index (χ4v) is 1.37. The molecule has 19 heavy (non-hydrogen) atoms. The fourth-order valence-electron chi connectivity index (χ4n) is 1.37. The number of pyridine rings is 1. The van der Waals surface area contributed by atoms with Gasteiger partial charge in [-0.1, -0.05) is 19.9 Å². The molecule has 108 valence electrons. The summed E-state index contributed by atoms with van der Waals surface area (Å²) >= 11 is 0. The summed E-state index contributed by atoms with van der Waals surface area (Å²) in [6.45, 7) is 5.83. The smallest absolute Gasteiger partial charge is 0.213 e. The van der Waals surface area contributed by atoms with E-state index in [4.69, 9.17) is 4.74 Å². The van der Waals surface area contributed by atoms with Crippen LogP contribution in [0.4, 0.5) is 0 Å². The highest BCUT2D eigenvalue weighted by atomic mass is 127. The molecular weight excluding hydrogens is 355 g/mol. The quantitative estimate of drug-likeness (QED) is 0.468. The summed E-state index contributed by atoms with van der Waals surface area (Å²) in [7, 11) is 3.37. The fraction of sp³-hybridized carbons (Fsp3) is 0.538. The van der Waals surface area contributed by atoms with Crippen molar-refractivity contribution < 1.29 is 4.74 Å². The Morgan fingerprint density at radius 3 is 2.68 bits per heavy atom. The molecule has 2 N–H and O–H groups in total. The Morgan fingerprint density at radius 1 is 1.37 bits per heavy atom. The van der Waals surface area contributed by atoms with E-state index in [9.17, 15) is 0 Å². The number of hydrogen-bond acceptors (Lipinski definition) is 3. The van der Waals surface area contributed by atoms with Crippen molar-refractivity contribution in [3.05, 3.63) is 23.9 Å². The zero-order chi connectivity index (χ0) is 13.4. The van der Waals surface area contributed by atoms with Gasteiger partial charge in [0.05, 0.1) is 19.3 Å². The molecule has 0 aliphatic carbocycles. The zero-order valence-electron chi connectivity index (χ0n) is 11.9. The van der Waals surface area contributed by atoms with Crippen molar-refractivity contribution in [1.82, 2.24) is 15.6 Å². The first-order chi connectivity index (χ1) is 8.65. The van der Waals surface area contributed by atoms with Crippen LogP contribution < -0.4 is 15.4 Å². The molecule has 6 heteroatoms. The molecule has 5 nitrogen and oxygen atoms in total. The lowest BCUT2D eigenvalue weighted by Gasteiger charge is -2.13. The SMILES string of the molecule is CN=C(NCc1cccc(OC)n1)NCC(C)C.I. The maximum absolute atomic E-state index is 5.08. The first-order valence-corrected chi connectivity index (χ1v) is 6.10. The summed E-state index contributed by atoms with van der Waals surface area (Å²) in [6.07, 6.45) is 0. The summed E-state index contributed by atoms with van der Waals surface area (Å²) in [4.78, 5) is 8.48. The third kappa shape index (κ3) is 7.19. The minimum atomic E-state index is 0. The summed E-state index contributed by atoms with van der Waals surface area (Å²) in [6, 6.07) is 5.70. The first kappa shape index (κ1) is 17.9. The number of aliphatic imine (C=N–C) groups is 1. The van der Waals surface area contributed by atoms with Crippen LogP contribution in [0.5, 0.6) is 5.88 Å². The molecule has 1 aromatic rings. The highest BCUT2D eigenvalue weighted by Crippen LogP contribution is 2.05. The Balaban J connectivity index is 0.00000324. The van der Waals surface area contributed by atoms with Gasteiger partial charge in [-0.25, -0.2) is 4.98 Å². The topological polar surface area (TPSA) is 58.5 Å². The lowest BCUT2D eigenvalue weighted by atomic mass is 10.2. The highest BCUT2D eigenvalue weighted by Gasteiger charge is 2.01. The number of hydrogen-bond donors (Lipinski definition) is 2. The van der Waals surface area contributed by atoms with E-state index in [1.807, 2.05) is 18.2 Å². The molecule has 0 aliphatic rings. The van der Waals surface area contributed by atoms with Gasteiger partial charge in [-0.15, -0.1) is 24.0 Å². The van der Waals surface area contributed by atoms with E-state index in [0.29, 0.717) is 18.3 Å². The van der Waals surface area contributed by atoms with Gasteiger partial charge in [-0.05, 0) is 12.0 Å². The third-order valence-electron chi connectivity index (χ3n) is 2.33. The molecule has 0 radical (unpaired) electrons. The minimum absolute atomic E-state index is 0. The number of nitrogens with one attached hydrogen (secondary N) is 2. The van der Waals surface area contributed by atoms with E-state index >= 15 is 0 Å². The Morgan fingerprint density at radius 2 is 2.11 bits per heavy atom. The number of nitrogens with zero attached hydrogens (tertiary/aromatic N) is 2. The molecule has 1 heterocycles. The van der Waals surface area contributed by atoms with Gasteiger partial charge in [0.15, 0.2) is 5.96 Å². The third-order valence-corrected chi connectivity index (χ3v) is 2.33. The Bertz CT molecular complexity index is 396. The van der Waals surface area contributed by atoms with Crippen molar-refractivity contribution in [1.29, 1.82) is 0 Å². The number of aromatic nitrogens is 1. The maximum atomic E-state index is 5.08. The Kier molecular flexibility index (Phi) is 9.28. The van der Waals surface area contributed by atoms with Crippen molar-refractivity contribution in [2.75, 3.05) is 20.7 Å². The van der Waals surface area contributed by atoms with Gasteiger partial charge in [-0.3, -0.25) is 4.99 Å². The van der Waals surface area contributed by atoms with Crippen molar-refractivity contribution >= 4 is 29.9 Å². The Labute approximate surface area is 132 Å². The molecule has 0 spiro atoms.